The zero-order valence-electron chi connectivity index (χ0n) is 15.1. The third-order valence-electron chi connectivity index (χ3n) is 4.49. The highest BCUT2D eigenvalue weighted by molar-refractivity contribution is 7.10. The maximum Gasteiger partial charge on any atom is 0.307 e. The molecule has 28 heavy (non-hydrogen) atoms. The van der Waals surface area contributed by atoms with Gasteiger partial charge in [0.25, 0.3) is 0 Å². The van der Waals surface area contributed by atoms with Crippen molar-refractivity contribution in [2.24, 2.45) is 5.73 Å². The Morgan fingerprint density at radius 3 is 2.82 bits per heavy atom. The van der Waals surface area contributed by atoms with Gasteiger partial charge in [0, 0.05) is 27.9 Å². The molecule has 4 rings (SSSR count). The number of thiophene rings is 1. The molecule has 0 fully saturated rings. The predicted molar refractivity (Wildman–Crippen MR) is 110 cm³/mol. The Hall–Kier alpha value is -3.09. The molecule has 0 aliphatic carbocycles. The highest BCUT2D eigenvalue weighted by Crippen LogP contribution is 2.34. The highest BCUT2D eigenvalue weighted by Gasteiger charge is 2.13. The molecule has 0 spiro atoms. The molecule has 0 unspecified atom stereocenters. The number of carboxylic acid groups (broad SMARTS) is 1. The summed E-state index contributed by atoms with van der Waals surface area (Å²) >= 11 is 1.63. The van der Waals surface area contributed by atoms with Gasteiger partial charge in [-0.2, -0.15) is 0 Å². The predicted octanol–water partition coefficient (Wildman–Crippen LogP) is 4.83. The number of hydrogen-bond acceptors (Lipinski definition) is 5. The van der Waals surface area contributed by atoms with Crippen LogP contribution in [0.5, 0.6) is 5.75 Å². The molecule has 0 atom stereocenters. The van der Waals surface area contributed by atoms with Crippen LogP contribution in [0.4, 0.5) is 0 Å². The Morgan fingerprint density at radius 1 is 1.18 bits per heavy atom. The Labute approximate surface area is 166 Å². The molecule has 5 nitrogen and oxygen atoms in total. The molecule has 0 radical (unpaired) electrons. The number of nitrogens with two attached hydrogens (primary N) is 1. The van der Waals surface area contributed by atoms with Gasteiger partial charge in [-0.25, -0.2) is 0 Å². The van der Waals surface area contributed by atoms with E-state index >= 15 is 0 Å². The van der Waals surface area contributed by atoms with Crippen molar-refractivity contribution in [2.45, 2.75) is 19.6 Å². The van der Waals surface area contributed by atoms with Gasteiger partial charge in [-0.05, 0) is 46.8 Å². The van der Waals surface area contributed by atoms with Gasteiger partial charge in [0.15, 0.2) is 0 Å². The first-order chi connectivity index (χ1) is 13.6. The SMILES string of the molecule is NCc1cc(-c2cc(COc3ccccc3CC(=O)O)cc3ccoc23)cs1. The number of carbonyl (C=O) groups is 1. The Morgan fingerprint density at radius 2 is 2.04 bits per heavy atom. The summed E-state index contributed by atoms with van der Waals surface area (Å²) in [5, 5.41) is 12.2. The molecule has 0 amide bonds. The average molecular weight is 393 g/mol. The number of carboxylic acids is 1. The lowest BCUT2D eigenvalue weighted by Crippen LogP contribution is -2.04. The van der Waals surface area contributed by atoms with Crippen molar-refractivity contribution in [3.63, 3.8) is 0 Å². The lowest BCUT2D eigenvalue weighted by atomic mass is 10.0. The van der Waals surface area contributed by atoms with Crippen LogP contribution < -0.4 is 10.5 Å². The number of benzene rings is 2. The van der Waals surface area contributed by atoms with Crippen LogP contribution in [0, 0.1) is 0 Å². The van der Waals surface area contributed by atoms with Crippen molar-refractivity contribution in [3.8, 4) is 16.9 Å². The van der Waals surface area contributed by atoms with E-state index in [9.17, 15) is 4.79 Å². The summed E-state index contributed by atoms with van der Waals surface area (Å²) in [4.78, 5) is 12.2. The van der Waals surface area contributed by atoms with Gasteiger partial charge in [0.05, 0.1) is 12.7 Å². The van der Waals surface area contributed by atoms with Crippen LogP contribution in [0.15, 0.2) is 64.6 Å². The van der Waals surface area contributed by atoms with E-state index in [1.807, 2.05) is 30.3 Å². The summed E-state index contributed by atoms with van der Waals surface area (Å²) in [6, 6.07) is 15.3. The first-order valence-corrected chi connectivity index (χ1v) is 9.72. The second-order valence-electron chi connectivity index (χ2n) is 6.46. The lowest BCUT2D eigenvalue weighted by Gasteiger charge is -2.11. The molecule has 2 aromatic heterocycles. The number of furan rings is 1. The second kappa shape index (κ2) is 7.88. The summed E-state index contributed by atoms with van der Waals surface area (Å²) in [7, 11) is 0. The molecule has 0 bridgehead atoms. The number of para-hydroxylation sites is 1. The zero-order chi connectivity index (χ0) is 19.5. The fourth-order valence-corrected chi connectivity index (χ4v) is 3.95. The van der Waals surface area contributed by atoms with Gasteiger partial charge < -0.3 is 20.0 Å². The minimum absolute atomic E-state index is 0.0705. The van der Waals surface area contributed by atoms with Gasteiger partial charge in [0.1, 0.15) is 17.9 Å². The number of ether oxygens (including phenoxy) is 1. The van der Waals surface area contributed by atoms with Gasteiger partial charge >= 0.3 is 5.97 Å². The lowest BCUT2D eigenvalue weighted by molar-refractivity contribution is -0.136. The minimum atomic E-state index is -0.883. The first-order valence-electron chi connectivity index (χ1n) is 8.84. The molecule has 3 N–H and O–H groups in total. The van der Waals surface area contributed by atoms with E-state index in [1.165, 1.54) is 0 Å². The van der Waals surface area contributed by atoms with Crippen molar-refractivity contribution in [3.05, 3.63) is 76.2 Å². The van der Waals surface area contributed by atoms with E-state index in [-0.39, 0.29) is 6.42 Å². The van der Waals surface area contributed by atoms with Gasteiger partial charge in [0.2, 0.25) is 0 Å². The minimum Gasteiger partial charge on any atom is -0.489 e. The topological polar surface area (TPSA) is 85.7 Å². The molecule has 142 valence electrons. The van der Waals surface area contributed by atoms with Crippen molar-refractivity contribution in [2.75, 3.05) is 0 Å². The standard InChI is InChI=1S/C22H19NO4S/c23-11-18-9-17(13-28-18)19-8-14(7-16-5-6-26-22(16)19)12-27-20-4-2-1-3-15(20)10-21(24)25/h1-9,13H,10-12,23H2,(H,24,25). The fourth-order valence-electron chi connectivity index (χ4n) is 3.19. The number of hydrogen-bond donors (Lipinski definition) is 2. The number of rotatable bonds is 7. The van der Waals surface area contributed by atoms with E-state index < -0.39 is 5.97 Å². The van der Waals surface area contributed by atoms with E-state index in [2.05, 4.69) is 11.4 Å². The Bertz CT molecular complexity index is 1130. The van der Waals surface area contributed by atoms with Crippen LogP contribution in [0.2, 0.25) is 0 Å². The van der Waals surface area contributed by atoms with E-state index in [0.717, 1.165) is 32.5 Å². The maximum atomic E-state index is 11.1. The van der Waals surface area contributed by atoms with Crippen molar-refractivity contribution < 1.29 is 19.1 Å². The number of fused-ring (bicyclic) bond motifs is 1. The quantitative estimate of drug-likeness (QED) is 0.470. The zero-order valence-corrected chi connectivity index (χ0v) is 15.9. The van der Waals surface area contributed by atoms with Crippen molar-refractivity contribution >= 4 is 28.3 Å². The van der Waals surface area contributed by atoms with Crippen LogP contribution in [-0.2, 0) is 24.4 Å². The van der Waals surface area contributed by atoms with E-state index in [0.29, 0.717) is 24.5 Å². The van der Waals surface area contributed by atoms with E-state index in [4.69, 9.17) is 20.0 Å². The smallest absolute Gasteiger partial charge is 0.307 e. The number of aliphatic carboxylic acids is 1. The summed E-state index contributed by atoms with van der Waals surface area (Å²) in [5.41, 5.74) is 10.3. The summed E-state index contributed by atoms with van der Waals surface area (Å²) < 4.78 is 11.6. The average Bonchev–Trinajstić information content (AvgIpc) is 3.35. The summed E-state index contributed by atoms with van der Waals surface area (Å²) in [6.07, 6.45) is 1.61. The third kappa shape index (κ3) is 3.78. The molecule has 0 aliphatic rings. The Kier molecular flexibility index (Phi) is 5.14. The van der Waals surface area contributed by atoms with Crippen molar-refractivity contribution in [1.29, 1.82) is 0 Å². The summed E-state index contributed by atoms with van der Waals surface area (Å²) in [5.74, 6) is -0.300. The van der Waals surface area contributed by atoms with Gasteiger partial charge in [-0.15, -0.1) is 11.3 Å². The molecule has 2 heterocycles. The summed E-state index contributed by atoms with van der Waals surface area (Å²) in [6.45, 7) is 0.841. The third-order valence-corrected chi connectivity index (χ3v) is 5.44. The van der Waals surface area contributed by atoms with Gasteiger partial charge in [-0.1, -0.05) is 18.2 Å². The normalized spacial score (nSPS) is 11.0. The highest BCUT2D eigenvalue weighted by atomic mass is 32.1. The molecular formula is C22H19NO4S. The maximum absolute atomic E-state index is 11.1. The Balaban J connectivity index is 1.64. The van der Waals surface area contributed by atoms with Crippen molar-refractivity contribution in [1.82, 2.24) is 0 Å². The van der Waals surface area contributed by atoms with Gasteiger partial charge in [-0.3, -0.25) is 4.79 Å². The molecule has 0 aliphatic heterocycles. The first kappa shape index (κ1) is 18.3. The monoisotopic (exact) mass is 393 g/mol. The molecular weight excluding hydrogens is 374 g/mol. The van der Waals surface area contributed by atoms with Crippen LogP contribution in [0.25, 0.3) is 22.1 Å². The van der Waals surface area contributed by atoms with Crippen LogP contribution >= 0.6 is 11.3 Å². The molecule has 6 heteroatoms. The largest absolute Gasteiger partial charge is 0.489 e. The van der Waals surface area contributed by atoms with E-state index in [1.54, 1.807) is 29.7 Å². The molecule has 0 saturated heterocycles. The second-order valence-corrected chi connectivity index (χ2v) is 7.45. The molecule has 0 saturated carbocycles. The molecule has 4 aromatic rings. The molecule has 2 aromatic carbocycles. The van der Waals surface area contributed by atoms with Crippen LogP contribution in [0.1, 0.15) is 16.0 Å². The fraction of sp³-hybridized carbons (Fsp3) is 0.136. The van der Waals surface area contributed by atoms with Crippen LogP contribution in [0.3, 0.4) is 0 Å². The van der Waals surface area contributed by atoms with Crippen LogP contribution in [-0.4, -0.2) is 11.1 Å².